The van der Waals surface area contributed by atoms with Crippen LogP contribution in [0, 0.1) is 0 Å². The molecule has 2 aliphatic rings. The summed E-state index contributed by atoms with van der Waals surface area (Å²) in [5.41, 5.74) is 3.19. The number of hydrogen-bond donors (Lipinski definition) is 1. The molecular weight excluding hydrogens is 410 g/mol. The van der Waals surface area contributed by atoms with E-state index in [9.17, 15) is 9.59 Å². The van der Waals surface area contributed by atoms with Crippen molar-refractivity contribution in [2.24, 2.45) is 0 Å². The maximum Gasteiger partial charge on any atom is 0.322 e. The Morgan fingerprint density at radius 1 is 1.00 bits per heavy atom. The van der Waals surface area contributed by atoms with Gasteiger partial charge in [-0.1, -0.05) is 18.2 Å². The van der Waals surface area contributed by atoms with Gasteiger partial charge in [-0.15, -0.1) is 0 Å². The van der Waals surface area contributed by atoms with Crippen LogP contribution < -0.4 is 19.5 Å². The van der Waals surface area contributed by atoms with Crippen LogP contribution in [0.25, 0.3) is 0 Å². The number of likely N-dealkylation sites (N-methyl/N-ethyl adjacent to an activating group) is 1. The molecule has 2 heterocycles. The van der Waals surface area contributed by atoms with Crippen molar-refractivity contribution in [2.45, 2.75) is 12.5 Å². The van der Waals surface area contributed by atoms with Crippen LogP contribution in [0.1, 0.15) is 17.2 Å². The summed E-state index contributed by atoms with van der Waals surface area (Å²) in [6, 6.07) is 12.4. The molecule has 0 saturated carbocycles. The number of benzene rings is 2. The van der Waals surface area contributed by atoms with E-state index in [1.54, 1.807) is 33.3 Å². The van der Waals surface area contributed by atoms with Gasteiger partial charge in [0, 0.05) is 13.6 Å². The number of amides is 3. The Bertz CT molecular complexity index is 1080. The molecule has 2 aromatic rings. The zero-order chi connectivity index (χ0) is 22.8. The van der Waals surface area contributed by atoms with Crippen molar-refractivity contribution in [1.82, 2.24) is 15.1 Å². The van der Waals surface area contributed by atoms with Crippen molar-refractivity contribution >= 4 is 11.9 Å². The van der Waals surface area contributed by atoms with Crippen molar-refractivity contribution in [3.8, 4) is 17.2 Å². The van der Waals surface area contributed by atoms with Gasteiger partial charge >= 0.3 is 6.03 Å². The summed E-state index contributed by atoms with van der Waals surface area (Å²) < 4.78 is 16.0. The van der Waals surface area contributed by atoms with Gasteiger partial charge < -0.3 is 24.4 Å². The third kappa shape index (κ3) is 3.84. The highest BCUT2D eigenvalue weighted by Gasteiger charge is 2.42. The van der Waals surface area contributed by atoms with Gasteiger partial charge in [0.25, 0.3) is 5.91 Å². The van der Waals surface area contributed by atoms with E-state index in [1.165, 1.54) is 4.90 Å². The molecule has 0 bridgehead atoms. The monoisotopic (exact) mass is 437 g/mol. The number of carbonyl (C=O) groups is 2. The molecule has 2 aromatic carbocycles. The van der Waals surface area contributed by atoms with Gasteiger partial charge in [0.15, 0.2) is 11.5 Å². The lowest BCUT2D eigenvalue weighted by Crippen LogP contribution is -2.45. The molecule has 8 heteroatoms. The second kappa shape index (κ2) is 8.82. The molecule has 0 radical (unpaired) electrons. The number of nitrogens with zero attached hydrogens (tertiary/aromatic N) is 2. The standard InChI is InChI=1S/C24H27N3O5/c1-26-18-14-27(11-10-15-8-9-19(31-3)20(12-15)32-4)23(28)21(18)22(25-24(26)29)16-6-5-7-17(13-16)30-2/h5-9,12-13,22H,10-11,14H2,1-4H3,(H,25,29)/t22-/m0/s1. The highest BCUT2D eigenvalue weighted by molar-refractivity contribution is 6.01. The molecule has 1 N–H and O–H groups in total. The Morgan fingerprint density at radius 3 is 2.50 bits per heavy atom. The Balaban J connectivity index is 1.55. The van der Waals surface area contributed by atoms with E-state index in [1.807, 2.05) is 42.5 Å². The molecule has 0 fully saturated rings. The van der Waals surface area contributed by atoms with Gasteiger partial charge in [0.2, 0.25) is 0 Å². The van der Waals surface area contributed by atoms with E-state index in [4.69, 9.17) is 14.2 Å². The lowest BCUT2D eigenvalue weighted by Gasteiger charge is -2.31. The molecule has 0 spiro atoms. The molecule has 3 amide bonds. The zero-order valence-electron chi connectivity index (χ0n) is 18.7. The average molecular weight is 437 g/mol. The van der Waals surface area contributed by atoms with Gasteiger partial charge in [-0.25, -0.2) is 4.79 Å². The minimum absolute atomic E-state index is 0.0693. The first kappa shape index (κ1) is 21.5. The van der Waals surface area contributed by atoms with Crippen LogP contribution in [0.15, 0.2) is 53.7 Å². The zero-order valence-corrected chi connectivity index (χ0v) is 18.7. The lowest BCUT2D eigenvalue weighted by atomic mass is 9.95. The first-order valence-electron chi connectivity index (χ1n) is 10.4. The largest absolute Gasteiger partial charge is 0.497 e. The number of methoxy groups -OCH3 is 3. The fourth-order valence-corrected chi connectivity index (χ4v) is 4.18. The summed E-state index contributed by atoms with van der Waals surface area (Å²) in [7, 11) is 6.48. The first-order valence-corrected chi connectivity index (χ1v) is 10.4. The Labute approximate surface area is 187 Å². The van der Waals surface area contributed by atoms with Gasteiger partial charge in [-0.2, -0.15) is 0 Å². The molecule has 0 aromatic heterocycles. The SMILES string of the molecule is COc1cccc([C@@H]2NC(=O)N(C)C3=C2C(=O)N(CCc2ccc(OC)c(OC)c2)C3)c1. The van der Waals surface area contributed by atoms with Crippen LogP contribution >= 0.6 is 0 Å². The van der Waals surface area contributed by atoms with Crippen molar-refractivity contribution in [3.05, 3.63) is 64.9 Å². The van der Waals surface area contributed by atoms with Gasteiger partial charge in [-0.3, -0.25) is 9.69 Å². The third-order valence-electron chi connectivity index (χ3n) is 5.98. The van der Waals surface area contributed by atoms with Gasteiger partial charge in [-0.05, 0) is 41.8 Å². The van der Waals surface area contributed by atoms with Crippen LogP contribution in [0.2, 0.25) is 0 Å². The minimum atomic E-state index is -0.512. The van der Waals surface area contributed by atoms with E-state index in [0.29, 0.717) is 42.3 Å². The first-order chi connectivity index (χ1) is 15.5. The molecule has 1 atom stereocenters. The van der Waals surface area contributed by atoms with E-state index in [2.05, 4.69) is 5.32 Å². The molecule has 0 unspecified atom stereocenters. The highest BCUT2D eigenvalue weighted by Crippen LogP contribution is 2.36. The maximum atomic E-state index is 13.4. The number of nitrogens with one attached hydrogen (secondary N) is 1. The van der Waals surface area contributed by atoms with Crippen LogP contribution in [0.5, 0.6) is 17.2 Å². The van der Waals surface area contributed by atoms with Crippen LogP contribution in [-0.4, -0.2) is 63.2 Å². The molecule has 2 aliphatic heterocycles. The highest BCUT2D eigenvalue weighted by atomic mass is 16.5. The summed E-state index contributed by atoms with van der Waals surface area (Å²) in [4.78, 5) is 29.3. The molecule has 32 heavy (non-hydrogen) atoms. The summed E-state index contributed by atoms with van der Waals surface area (Å²) in [6.45, 7) is 0.917. The van der Waals surface area contributed by atoms with E-state index >= 15 is 0 Å². The predicted molar refractivity (Wildman–Crippen MR) is 119 cm³/mol. The fraction of sp³-hybridized carbons (Fsp3) is 0.333. The Hall–Kier alpha value is -3.68. The van der Waals surface area contributed by atoms with Crippen molar-refractivity contribution in [2.75, 3.05) is 41.5 Å². The Kier molecular flexibility index (Phi) is 5.94. The average Bonchev–Trinajstić information content (AvgIpc) is 3.16. The maximum absolute atomic E-state index is 13.4. The molecule has 0 saturated heterocycles. The molecule has 8 nitrogen and oxygen atoms in total. The van der Waals surface area contributed by atoms with E-state index < -0.39 is 6.04 Å². The van der Waals surface area contributed by atoms with Crippen LogP contribution in [0.4, 0.5) is 4.79 Å². The molecule has 168 valence electrons. The number of rotatable bonds is 7. The smallest absolute Gasteiger partial charge is 0.322 e. The van der Waals surface area contributed by atoms with Crippen LogP contribution in [-0.2, 0) is 11.2 Å². The molecule has 0 aliphatic carbocycles. The summed E-state index contributed by atoms with van der Waals surface area (Å²) in [5, 5.41) is 2.95. The van der Waals surface area contributed by atoms with E-state index in [-0.39, 0.29) is 11.9 Å². The second-order valence-electron chi connectivity index (χ2n) is 7.74. The van der Waals surface area contributed by atoms with Crippen molar-refractivity contribution in [1.29, 1.82) is 0 Å². The van der Waals surface area contributed by atoms with Gasteiger partial charge in [0.1, 0.15) is 5.75 Å². The topological polar surface area (TPSA) is 80.3 Å². The summed E-state index contributed by atoms with van der Waals surface area (Å²) in [6.07, 6.45) is 0.654. The lowest BCUT2D eigenvalue weighted by molar-refractivity contribution is -0.125. The number of carbonyl (C=O) groups excluding carboxylic acids is 2. The minimum Gasteiger partial charge on any atom is -0.497 e. The van der Waals surface area contributed by atoms with Crippen molar-refractivity contribution < 1.29 is 23.8 Å². The molecule has 4 rings (SSSR count). The third-order valence-corrected chi connectivity index (χ3v) is 5.98. The number of hydrogen-bond acceptors (Lipinski definition) is 5. The van der Waals surface area contributed by atoms with Crippen molar-refractivity contribution in [3.63, 3.8) is 0 Å². The predicted octanol–water partition coefficient (Wildman–Crippen LogP) is 2.75. The fourth-order valence-electron chi connectivity index (χ4n) is 4.18. The quantitative estimate of drug-likeness (QED) is 0.721. The molecular formula is C24H27N3O5. The summed E-state index contributed by atoms with van der Waals surface area (Å²) >= 11 is 0. The van der Waals surface area contributed by atoms with Crippen LogP contribution in [0.3, 0.4) is 0 Å². The second-order valence-corrected chi connectivity index (χ2v) is 7.74. The number of ether oxygens (including phenoxy) is 3. The van der Waals surface area contributed by atoms with Gasteiger partial charge in [0.05, 0.1) is 45.2 Å². The summed E-state index contributed by atoms with van der Waals surface area (Å²) in [5.74, 6) is 1.93. The van der Waals surface area contributed by atoms with E-state index in [0.717, 1.165) is 16.8 Å². The Morgan fingerprint density at radius 2 is 1.78 bits per heavy atom. The number of urea groups is 1. The normalized spacial score (nSPS) is 17.9.